The third-order valence-corrected chi connectivity index (χ3v) is 5.05. The van der Waals surface area contributed by atoms with Gasteiger partial charge in [-0.1, -0.05) is 18.2 Å². The van der Waals surface area contributed by atoms with E-state index in [2.05, 4.69) is 0 Å². The Morgan fingerprint density at radius 3 is 2.59 bits per heavy atom. The van der Waals surface area contributed by atoms with E-state index in [1.807, 2.05) is 0 Å². The summed E-state index contributed by atoms with van der Waals surface area (Å²) < 4.78 is 49.7. The van der Waals surface area contributed by atoms with Crippen molar-refractivity contribution in [2.24, 2.45) is 0 Å². The van der Waals surface area contributed by atoms with Crippen molar-refractivity contribution in [2.45, 2.75) is 18.5 Å². The molecular weight excluding hydrogens is 387 g/mol. The van der Waals surface area contributed by atoms with Crippen LogP contribution in [0, 0.1) is 0 Å². The van der Waals surface area contributed by atoms with E-state index in [0.717, 1.165) is 17.0 Å². The largest absolute Gasteiger partial charge is 0.497 e. The molecule has 2 heterocycles. The quantitative estimate of drug-likeness (QED) is 0.726. The van der Waals surface area contributed by atoms with Crippen LogP contribution >= 0.6 is 0 Å². The minimum atomic E-state index is -4.54. The van der Waals surface area contributed by atoms with Gasteiger partial charge in [-0.2, -0.15) is 13.2 Å². The molecule has 2 aromatic carbocycles. The Hall–Kier alpha value is -3.29. The summed E-state index contributed by atoms with van der Waals surface area (Å²) in [7, 11) is 1.51. The number of rotatable bonds is 3. The van der Waals surface area contributed by atoms with Gasteiger partial charge >= 0.3 is 12.1 Å². The van der Waals surface area contributed by atoms with Crippen LogP contribution in [0.2, 0.25) is 0 Å². The highest BCUT2D eigenvalue weighted by molar-refractivity contribution is 6.06. The smallest absolute Gasteiger partial charge is 0.416 e. The molecule has 0 fully saturated rings. The highest BCUT2D eigenvalue weighted by Gasteiger charge is 2.43. The van der Waals surface area contributed by atoms with Gasteiger partial charge in [0.15, 0.2) is 0 Å². The zero-order valence-corrected chi connectivity index (χ0v) is 15.3. The fourth-order valence-electron chi connectivity index (χ4n) is 3.72. The summed E-state index contributed by atoms with van der Waals surface area (Å²) in [6.45, 7) is -0.170. The molecule has 0 N–H and O–H groups in total. The highest BCUT2D eigenvalue weighted by Crippen LogP contribution is 2.43. The van der Waals surface area contributed by atoms with Gasteiger partial charge < -0.3 is 9.47 Å². The van der Waals surface area contributed by atoms with Gasteiger partial charge in [-0.25, -0.2) is 4.79 Å². The van der Waals surface area contributed by atoms with Crippen molar-refractivity contribution in [3.8, 4) is 5.75 Å². The second-order valence-electron chi connectivity index (χ2n) is 6.75. The third-order valence-electron chi connectivity index (χ3n) is 5.05. The first kappa shape index (κ1) is 19.0. The number of hydrogen-bond donors (Lipinski definition) is 0. The number of amides is 1. The molecule has 1 amide bonds. The molecule has 1 unspecified atom stereocenters. The van der Waals surface area contributed by atoms with Gasteiger partial charge in [0.05, 0.1) is 23.9 Å². The lowest BCUT2D eigenvalue weighted by Crippen LogP contribution is -2.37. The number of carbonyl (C=O) groups excluding carboxylic acids is 2. The van der Waals surface area contributed by atoms with Gasteiger partial charge in [0.2, 0.25) is 5.91 Å². The number of cyclic esters (lactones) is 1. The molecule has 5 nitrogen and oxygen atoms in total. The van der Waals surface area contributed by atoms with Crippen LogP contribution in [0.25, 0.3) is 0 Å². The molecule has 0 spiro atoms. The van der Waals surface area contributed by atoms with Crippen molar-refractivity contribution >= 4 is 17.6 Å². The molecule has 2 aromatic rings. The second-order valence-corrected chi connectivity index (χ2v) is 6.75. The van der Waals surface area contributed by atoms with Gasteiger partial charge in [-0.05, 0) is 35.9 Å². The third kappa shape index (κ3) is 3.35. The molecule has 29 heavy (non-hydrogen) atoms. The molecule has 1 atom stereocenters. The van der Waals surface area contributed by atoms with Crippen LogP contribution < -0.4 is 9.64 Å². The van der Waals surface area contributed by atoms with Crippen LogP contribution in [0.4, 0.5) is 18.9 Å². The molecule has 2 aliphatic rings. The first-order valence-corrected chi connectivity index (χ1v) is 8.84. The maximum absolute atomic E-state index is 13.1. The standard InChI is InChI=1S/C21H16F3NO4/c1-28-15-7-2-4-12(8-15)16-10-18(26)25(17-11-29-20(27)19(16)17)14-6-3-5-13(9-14)21(22,23)24/h2-9,16H,10-11H2,1H3. The fourth-order valence-corrected chi connectivity index (χ4v) is 3.72. The minimum Gasteiger partial charge on any atom is -0.497 e. The molecular formula is C21H16F3NO4. The Balaban J connectivity index is 1.81. The van der Waals surface area contributed by atoms with Gasteiger partial charge in [-0.3, -0.25) is 9.69 Å². The Labute approximate surface area is 164 Å². The van der Waals surface area contributed by atoms with E-state index in [-0.39, 0.29) is 30.0 Å². The van der Waals surface area contributed by atoms with Gasteiger partial charge in [-0.15, -0.1) is 0 Å². The molecule has 0 aliphatic carbocycles. The van der Waals surface area contributed by atoms with E-state index in [9.17, 15) is 22.8 Å². The molecule has 0 saturated carbocycles. The van der Waals surface area contributed by atoms with E-state index in [4.69, 9.17) is 9.47 Å². The predicted octanol–water partition coefficient (Wildman–Crippen LogP) is 4.05. The van der Waals surface area contributed by atoms with Crippen molar-refractivity contribution < 1.29 is 32.2 Å². The molecule has 0 bridgehead atoms. The van der Waals surface area contributed by atoms with E-state index >= 15 is 0 Å². The lowest BCUT2D eigenvalue weighted by molar-refractivity contribution is -0.138. The summed E-state index contributed by atoms with van der Waals surface area (Å²) in [5.41, 5.74) is 0.450. The van der Waals surface area contributed by atoms with Crippen molar-refractivity contribution in [1.82, 2.24) is 0 Å². The molecule has 8 heteroatoms. The predicted molar refractivity (Wildman–Crippen MR) is 97.3 cm³/mol. The number of anilines is 1. The van der Waals surface area contributed by atoms with E-state index in [1.165, 1.54) is 19.2 Å². The Morgan fingerprint density at radius 1 is 1.10 bits per heavy atom. The lowest BCUT2D eigenvalue weighted by Gasteiger charge is -2.32. The van der Waals surface area contributed by atoms with Crippen molar-refractivity contribution in [2.75, 3.05) is 18.6 Å². The number of methoxy groups -OCH3 is 1. The number of halogens is 3. The maximum atomic E-state index is 13.1. The number of ether oxygens (including phenoxy) is 2. The molecule has 4 rings (SSSR count). The van der Waals surface area contributed by atoms with Gasteiger partial charge in [0.1, 0.15) is 12.4 Å². The highest BCUT2D eigenvalue weighted by atomic mass is 19.4. The molecule has 0 radical (unpaired) electrons. The summed E-state index contributed by atoms with van der Waals surface area (Å²) in [5, 5.41) is 0. The average Bonchev–Trinajstić information content (AvgIpc) is 3.08. The second kappa shape index (κ2) is 6.95. The molecule has 0 saturated heterocycles. The summed E-state index contributed by atoms with van der Waals surface area (Å²) in [6, 6.07) is 11.5. The first-order chi connectivity index (χ1) is 13.8. The number of hydrogen-bond acceptors (Lipinski definition) is 4. The van der Waals surface area contributed by atoms with E-state index < -0.39 is 29.5 Å². The Kier molecular flexibility index (Phi) is 4.56. The molecule has 2 aliphatic heterocycles. The average molecular weight is 403 g/mol. The monoisotopic (exact) mass is 403 g/mol. The fraction of sp³-hybridized carbons (Fsp3) is 0.238. The van der Waals surface area contributed by atoms with Crippen molar-refractivity contribution in [3.63, 3.8) is 0 Å². The Morgan fingerprint density at radius 2 is 1.86 bits per heavy atom. The number of benzene rings is 2. The lowest BCUT2D eigenvalue weighted by atomic mass is 9.84. The topological polar surface area (TPSA) is 55.8 Å². The number of esters is 1. The SMILES string of the molecule is COc1cccc(C2CC(=O)N(c3cccc(C(F)(F)F)c3)C3=C2C(=O)OC3)c1. The van der Waals surface area contributed by atoms with Gasteiger partial charge in [0, 0.05) is 18.0 Å². The summed E-state index contributed by atoms with van der Waals surface area (Å²) >= 11 is 0. The zero-order valence-electron chi connectivity index (χ0n) is 15.3. The van der Waals surface area contributed by atoms with Crippen molar-refractivity contribution in [1.29, 1.82) is 0 Å². The van der Waals surface area contributed by atoms with Crippen LogP contribution in [0.5, 0.6) is 5.75 Å². The summed E-state index contributed by atoms with van der Waals surface area (Å²) in [5.74, 6) is -0.958. The summed E-state index contributed by atoms with van der Waals surface area (Å²) in [6.07, 6.45) is -4.62. The molecule has 150 valence electrons. The number of nitrogens with zero attached hydrogens (tertiary/aromatic N) is 1. The number of carbonyl (C=O) groups is 2. The minimum absolute atomic E-state index is 0.0553. The number of alkyl halides is 3. The first-order valence-electron chi connectivity index (χ1n) is 8.84. The molecule has 0 aromatic heterocycles. The zero-order chi connectivity index (χ0) is 20.8. The van der Waals surface area contributed by atoms with Crippen LogP contribution in [0.15, 0.2) is 59.8 Å². The van der Waals surface area contributed by atoms with E-state index in [1.54, 1.807) is 24.3 Å². The van der Waals surface area contributed by atoms with Crippen LogP contribution in [-0.2, 0) is 20.5 Å². The maximum Gasteiger partial charge on any atom is 0.416 e. The van der Waals surface area contributed by atoms with E-state index in [0.29, 0.717) is 11.3 Å². The van der Waals surface area contributed by atoms with Crippen LogP contribution in [0.3, 0.4) is 0 Å². The normalized spacial score (nSPS) is 19.3. The van der Waals surface area contributed by atoms with Gasteiger partial charge in [0.25, 0.3) is 0 Å². The van der Waals surface area contributed by atoms with Crippen LogP contribution in [0.1, 0.15) is 23.5 Å². The van der Waals surface area contributed by atoms with Crippen molar-refractivity contribution in [3.05, 3.63) is 70.9 Å². The Bertz CT molecular complexity index is 1030. The van der Waals surface area contributed by atoms with Crippen LogP contribution in [-0.4, -0.2) is 25.6 Å². The summed E-state index contributed by atoms with van der Waals surface area (Å²) in [4.78, 5) is 26.5.